The van der Waals surface area contributed by atoms with E-state index in [9.17, 15) is 4.79 Å². The number of aromatic nitrogens is 2. The second kappa shape index (κ2) is 9.55. The van der Waals surface area contributed by atoms with Gasteiger partial charge < -0.3 is 18.6 Å². The maximum atomic E-state index is 11.7. The largest absolute Gasteiger partial charge is 0.465 e. The second-order valence-corrected chi connectivity index (χ2v) is 8.33. The molecular formula is C21H26N4O4S. The van der Waals surface area contributed by atoms with Crippen LogP contribution in [0.3, 0.4) is 0 Å². The van der Waals surface area contributed by atoms with E-state index in [-0.39, 0.29) is 5.97 Å². The third-order valence-corrected chi connectivity index (χ3v) is 6.16. The summed E-state index contributed by atoms with van der Waals surface area (Å²) in [5.41, 5.74) is 0.509. The van der Waals surface area contributed by atoms with Crippen molar-refractivity contribution in [2.45, 2.75) is 26.3 Å². The fourth-order valence-electron chi connectivity index (χ4n) is 3.64. The van der Waals surface area contributed by atoms with Crippen molar-refractivity contribution in [3.63, 3.8) is 0 Å². The van der Waals surface area contributed by atoms with Crippen LogP contribution in [0.1, 0.15) is 34.2 Å². The molecule has 3 aromatic rings. The highest BCUT2D eigenvalue weighted by molar-refractivity contribution is 7.13. The number of aryl methyl sites for hydroxylation is 2. The maximum absolute atomic E-state index is 11.7. The first-order valence-corrected chi connectivity index (χ1v) is 11.0. The monoisotopic (exact) mass is 430 g/mol. The van der Waals surface area contributed by atoms with Crippen LogP contribution in [-0.4, -0.2) is 65.7 Å². The normalized spacial score (nSPS) is 15.5. The summed E-state index contributed by atoms with van der Waals surface area (Å²) in [6, 6.07) is 5.78. The van der Waals surface area contributed by atoms with Crippen LogP contribution in [0.25, 0.3) is 10.7 Å². The number of nitrogens with zero attached hydrogens (tertiary/aromatic N) is 4. The molecule has 0 atom stereocenters. The number of ether oxygens (including phenoxy) is 1. The number of hydrogen-bond acceptors (Lipinski definition) is 9. The molecule has 0 amide bonds. The highest BCUT2D eigenvalue weighted by Crippen LogP contribution is 2.22. The number of carbonyl (C=O) groups is 1. The summed E-state index contributed by atoms with van der Waals surface area (Å²) in [6.45, 7) is 7.46. The lowest BCUT2D eigenvalue weighted by molar-refractivity contribution is 0.0599. The zero-order valence-electron chi connectivity index (χ0n) is 17.3. The van der Waals surface area contributed by atoms with E-state index in [0.717, 1.165) is 56.2 Å². The van der Waals surface area contributed by atoms with Crippen molar-refractivity contribution in [1.29, 1.82) is 0 Å². The topological polar surface area (TPSA) is 84.8 Å². The summed E-state index contributed by atoms with van der Waals surface area (Å²) in [7, 11) is 1.38. The highest BCUT2D eigenvalue weighted by Gasteiger charge is 2.21. The van der Waals surface area contributed by atoms with Gasteiger partial charge in [-0.2, -0.15) is 4.98 Å². The number of piperazine rings is 1. The molecule has 9 heteroatoms. The lowest BCUT2D eigenvalue weighted by Crippen LogP contribution is -2.46. The van der Waals surface area contributed by atoms with E-state index in [0.29, 0.717) is 29.6 Å². The first-order chi connectivity index (χ1) is 14.6. The van der Waals surface area contributed by atoms with E-state index >= 15 is 0 Å². The zero-order valence-corrected chi connectivity index (χ0v) is 18.1. The summed E-state index contributed by atoms with van der Waals surface area (Å²) in [5, 5.41) is 6.07. The molecule has 1 aliphatic heterocycles. The summed E-state index contributed by atoms with van der Waals surface area (Å²) in [5.74, 6) is 2.44. The van der Waals surface area contributed by atoms with Gasteiger partial charge in [-0.25, -0.2) is 4.79 Å². The van der Waals surface area contributed by atoms with E-state index in [1.165, 1.54) is 7.11 Å². The van der Waals surface area contributed by atoms with Crippen LogP contribution < -0.4 is 0 Å². The quantitative estimate of drug-likeness (QED) is 0.504. The summed E-state index contributed by atoms with van der Waals surface area (Å²) in [4.78, 5) is 22.1. The van der Waals surface area contributed by atoms with E-state index < -0.39 is 0 Å². The predicted molar refractivity (Wildman–Crippen MR) is 112 cm³/mol. The third kappa shape index (κ3) is 4.97. The number of thiophene rings is 1. The third-order valence-electron chi connectivity index (χ3n) is 5.29. The Kier molecular flexibility index (Phi) is 6.61. The minimum Gasteiger partial charge on any atom is -0.465 e. The first-order valence-electron chi connectivity index (χ1n) is 10.1. The number of methoxy groups -OCH3 is 1. The van der Waals surface area contributed by atoms with Crippen molar-refractivity contribution in [3.8, 4) is 10.7 Å². The zero-order chi connectivity index (χ0) is 20.9. The maximum Gasteiger partial charge on any atom is 0.341 e. The van der Waals surface area contributed by atoms with Crippen LogP contribution >= 0.6 is 11.3 Å². The van der Waals surface area contributed by atoms with Gasteiger partial charge in [0.05, 0.1) is 18.5 Å². The molecule has 1 aliphatic rings. The Hall–Kier alpha value is -2.49. The number of furan rings is 1. The Morgan fingerprint density at radius 3 is 2.80 bits per heavy atom. The van der Waals surface area contributed by atoms with Gasteiger partial charge >= 0.3 is 5.97 Å². The molecule has 3 aromatic heterocycles. The van der Waals surface area contributed by atoms with Gasteiger partial charge in [-0.05, 0) is 37.4 Å². The summed E-state index contributed by atoms with van der Waals surface area (Å²) in [6.07, 6.45) is 1.78. The Labute approximate surface area is 179 Å². The minimum absolute atomic E-state index is 0.351. The molecule has 0 aromatic carbocycles. The number of hydrogen-bond donors (Lipinski definition) is 0. The first kappa shape index (κ1) is 20.8. The number of rotatable bonds is 8. The SMILES string of the molecule is COC(=O)c1cc(CN2CCN(CCCc3nc(-c4cccs4)no3)CC2)oc1C. The van der Waals surface area contributed by atoms with Crippen LogP contribution in [0, 0.1) is 6.92 Å². The average Bonchev–Trinajstić information content (AvgIpc) is 3.50. The molecule has 0 saturated carbocycles. The Morgan fingerprint density at radius 1 is 1.27 bits per heavy atom. The fraction of sp³-hybridized carbons (Fsp3) is 0.476. The van der Waals surface area contributed by atoms with Gasteiger partial charge in [0.1, 0.15) is 17.1 Å². The minimum atomic E-state index is -0.351. The van der Waals surface area contributed by atoms with Gasteiger partial charge in [-0.15, -0.1) is 11.3 Å². The molecule has 0 spiro atoms. The number of carbonyl (C=O) groups excluding carboxylic acids is 1. The van der Waals surface area contributed by atoms with Gasteiger partial charge in [0, 0.05) is 32.6 Å². The molecule has 160 valence electrons. The van der Waals surface area contributed by atoms with Crippen LogP contribution in [0.15, 0.2) is 32.5 Å². The molecule has 4 heterocycles. The lowest BCUT2D eigenvalue weighted by Gasteiger charge is -2.34. The molecule has 8 nitrogen and oxygen atoms in total. The van der Waals surface area contributed by atoms with Crippen LogP contribution in [-0.2, 0) is 17.7 Å². The van der Waals surface area contributed by atoms with Crippen LogP contribution in [0.4, 0.5) is 0 Å². The summed E-state index contributed by atoms with van der Waals surface area (Å²) >= 11 is 1.61. The molecule has 0 bridgehead atoms. The van der Waals surface area contributed by atoms with Crippen LogP contribution in [0.5, 0.6) is 0 Å². The molecule has 0 N–H and O–H groups in total. The van der Waals surface area contributed by atoms with Gasteiger partial charge in [-0.1, -0.05) is 11.2 Å². The fourth-order valence-corrected chi connectivity index (χ4v) is 4.29. The molecule has 0 aliphatic carbocycles. The van der Waals surface area contributed by atoms with E-state index in [1.807, 2.05) is 17.5 Å². The van der Waals surface area contributed by atoms with E-state index in [1.54, 1.807) is 24.3 Å². The average molecular weight is 431 g/mol. The molecule has 0 radical (unpaired) electrons. The molecule has 4 rings (SSSR count). The predicted octanol–water partition coefficient (Wildman–Crippen LogP) is 3.24. The van der Waals surface area contributed by atoms with Crippen molar-refractivity contribution in [2.75, 3.05) is 39.8 Å². The van der Waals surface area contributed by atoms with Crippen molar-refractivity contribution in [3.05, 3.63) is 46.6 Å². The Bertz CT molecular complexity index is 958. The molecule has 0 unspecified atom stereocenters. The van der Waals surface area contributed by atoms with Crippen molar-refractivity contribution in [1.82, 2.24) is 19.9 Å². The molecule has 30 heavy (non-hydrogen) atoms. The van der Waals surface area contributed by atoms with Gasteiger partial charge in [0.25, 0.3) is 0 Å². The summed E-state index contributed by atoms with van der Waals surface area (Å²) < 4.78 is 15.9. The molecular weight excluding hydrogens is 404 g/mol. The smallest absolute Gasteiger partial charge is 0.341 e. The highest BCUT2D eigenvalue weighted by atomic mass is 32.1. The van der Waals surface area contributed by atoms with Crippen molar-refractivity contribution < 1.29 is 18.5 Å². The second-order valence-electron chi connectivity index (χ2n) is 7.38. The van der Waals surface area contributed by atoms with Gasteiger partial charge in [0.15, 0.2) is 0 Å². The Balaban J connectivity index is 1.18. The van der Waals surface area contributed by atoms with Crippen molar-refractivity contribution in [2.24, 2.45) is 0 Å². The Morgan fingerprint density at radius 2 is 2.07 bits per heavy atom. The van der Waals surface area contributed by atoms with E-state index in [4.69, 9.17) is 13.7 Å². The van der Waals surface area contributed by atoms with Crippen LogP contribution in [0.2, 0.25) is 0 Å². The van der Waals surface area contributed by atoms with Gasteiger partial charge in [-0.3, -0.25) is 4.90 Å². The van der Waals surface area contributed by atoms with Crippen molar-refractivity contribution >= 4 is 17.3 Å². The molecule has 1 saturated heterocycles. The molecule has 1 fully saturated rings. The standard InChI is InChI=1S/C21H26N4O4S/c1-15-17(21(26)27-2)13-16(28-15)14-25-10-8-24(9-11-25)7-3-6-19-22-20(23-29-19)18-5-4-12-30-18/h4-5,12-13H,3,6-11,14H2,1-2H3. The van der Waals surface area contributed by atoms with E-state index in [2.05, 4.69) is 19.9 Å². The lowest BCUT2D eigenvalue weighted by atomic mass is 10.2. The van der Waals surface area contributed by atoms with Gasteiger partial charge in [0.2, 0.25) is 11.7 Å². The number of esters is 1.